The number of nitrogens with two attached hydrogens (primary N) is 1. The Hall–Kier alpha value is -0.0900. The van der Waals surface area contributed by atoms with Crippen molar-refractivity contribution >= 4 is 9.84 Å². The van der Waals surface area contributed by atoms with Gasteiger partial charge in [-0.2, -0.15) is 0 Å². The van der Waals surface area contributed by atoms with E-state index < -0.39 is 9.84 Å². The molecule has 1 heterocycles. The Morgan fingerprint density at radius 1 is 1.50 bits per heavy atom. The lowest BCUT2D eigenvalue weighted by atomic mass is 10.0. The van der Waals surface area contributed by atoms with Crippen LogP contribution < -0.4 is 5.73 Å². The smallest absolute Gasteiger partial charge is 0.151 e. The molecule has 0 spiro atoms. The number of rotatable bonds is 0. The Bertz CT molecular complexity index is 210. The van der Waals surface area contributed by atoms with Gasteiger partial charge in [-0.3, -0.25) is 0 Å². The first-order valence-electron chi connectivity index (χ1n) is 3.47. The Kier molecular flexibility index (Phi) is 2.01. The summed E-state index contributed by atoms with van der Waals surface area (Å²) in [6.07, 6.45) is 0.726. The molecule has 0 amide bonds. The van der Waals surface area contributed by atoms with Gasteiger partial charge in [-0.15, -0.1) is 0 Å². The van der Waals surface area contributed by atoms with Crippen molar-refractivity contribution in [1.82, 2.24) is 0 Å². The summed E-state index contributed by atoms with van der Waals surface area (Å²) < 4.78 is 21.9. The fourth-order valence-corrected chi connectivity index (χ4v) is 2.93. The summed E-state index contributed by atoms with van der Waals surface area (Å²) in [6, 6.07) is -0.140. The van der Waals surface area contributed by atoms with Gasteiger partial charge in [-0.05, 0) is 12.3 Å². The van der Waals surface area contributed by atoms with Crippen LogP contribution in [0.25, 0.3) is 0 Å². The van der Waals surface area contributed by atoms with Crippen LogP contribution in [0.3, 0.4) is 0 Å². The number of hydrogen-bond donors (Lipinski definition) is 1. The molecule has 60 valence electrons. The molecule has 0 bridgehead atoms. The zero-order valence-electron chi connectivity index (χ0n) is 6.08. The second-order valence-electron chi connectivity index (χ2n) is 3.04. The zero-order valence-corrected chi connectivity index (χ0v) is 6.89. The molecule has 1 aliphatic heterocycles. The van der Waals surface area contributed by atoms with Crippen molar-refractivity contribution in [2.24, 2.45) is 11.7 Å². The molecule has 1 aliphatic rings. The van der Waals surface area contributed by atoms with Crippen LogP contribution in [0.5, 0.6) is 0 Å². The van der Waals surface area contributed by atoms with Crippen LogP contribution in [0.15, 0.2) is 0 Å². The molecule has 0 aromatic carbocycles. The standard InChI is InChI=1S/C6H13NO2S/c1-5-2-3-10(8,9)4-6(5)7/h5-6H,2-4,7H2,1H3. The van der Waals surface area contributed by atoms with Gasteiger partial charge in [0.05, 0.1) is 11.5 Å². The molecular formula is C6H13NO2S. The van der Waals surface area contributed by atoms with Crippen molar-refractivity contribution in [1.29, 1.82) is 0 Å². The Morgan fingerprint density at radius 3 is 2.50 bits per heavy atom. The molecule has 2 unspecified atom stereocenters. The van der Waals surface area contributed by atoms with Crippen molar-refractivity contribution in [2.45, 2.75) is 19.4 Å². The fourth-order valence-electron chi connectivity index (χ4n) is 1.12. The summed E-state index contributed by atoms with van der Waals surface area (Å²) in [5.74, 6) is 0.860. The molecule has 1 saturated heterocycles. The quantitative estimate of drug-likeness (QED) is 0.536. The van der Waals surface area contributed by atoms with Gasteiger partial charge < -0.3 is 5.73 Å². The third kappa shape index (κ3) is 1.70. The normalized spacial score (nSPS) is 39.4. The molecule has 0 radical (unpaired) electrons. The molecule has 1 fully saturated rings. The summed E-state index contributed by atoms with van der Waals surface area (Å²) in [5, 5.41) is 0. The summed E-state index contributed by atoms with van der Waals surface area (Å²) in [5.41, 5.74) is 5.57. The van der Waals surface area contributed by atoms with Gasteiger partial charge in [-0.1, -0.05) is 6.92 Å². The van der Waals surface area contributed by atoms with Crippen molar-refractivity contribution in [3.63, 3.8) is 0 Å². The van der Waals surface area contributed by atoms with E-state index in [-0.39, 0.29) is 11.8 Å². The van der Waals surface area contributed by atoms with E-state index in [4.69, 9.17) is 5.73 Å². The van der Waals surface area contributed by atoms with E-state index in [9.17, 15) is 8.42 Å². The lowest BCUT2D eigenvalue weighted by Gasteiger charge is -2.24. The van der Waals surface area contributed by atoms with Crippen molar-refractivity contribution in [2.75, 3.05) is 11.5 Å². The average molecular weight is 163 g/mol. The molecule has 0 saturated carbocycles. The van der Waals surface area contributed by atoms with Crippen LogP contribution in [0, 0.1) is 5.92 Å². The van der Waals surface area contributed by atoms with Crippen LogP contribution in [-0.2, 0) is 9.84 Å². The van der Waals surface area contributed by atoms with Crippen LogP contribution in [-0.4, -0.2) is 26.0 Å². The third-order valence-corrected chi connectivity index (χ3v) is 3.81. The first kappa shape index (κ1) is 8.01. The third-order valence-electron chi connectivity index (χ3n) is 2.06. The van der Waals surface area contributed by atoms with Gasteiger partial charge in [0.2, 0.25) is 0 Å². The average Bonchev–Trinajstić information content (AvgIpc) is 1.79. The highest BCUT2D eigenvalue weighted by Crippen LogP contribution is 2.16. The lowest BCUT2D eigenvalue weighted by Crippen LogP contribution is -2.41. The Morgan fingerprint density at radius 2 is 2.10 bits per heavy atom. The first-order valence-corrected chi connectivity index (χ1v) is 5.29. The van der Waals surface area contributed by atoms with Gasteiger partial charge >= 0.3 is 0 Å². The Labute approximate surface area is 61.5 Å². The molecule has 1 rings (SSSR count). The molecule has 3 nitrogen and oxygen atoms in total. The summed E-state index contributed by atoms with van der Waals surface area (Å²) in [7, 11) is -2.79. The van der Waals surface area contributed by atoms with Gasteiger partial charge in [0, 0.05) is 6.04 Å². The molecule has 0 aliphatic carbocycles. The minimum atomic E-state index is -2.79. The van der Waals surface area contributed by atoms with Crippen molar-refractivity contribution in [3.8, 4) is 0 Å². The highest BCUT2D eigenvalue weighted by atomic mass is 32.2. The summed E-state index contributed by atoms with van der Waals surface area (Å²) in [6.45, 7) is 2.00. The lowest BCUT2D eigenvalue weighted by molar-refractivity contribution is 0.443. The van der Waals surface area contributed by atoms with Crippen LogP contribution in [0.4, 0.5) is 0 Å². The fraction of sp³-hybridized carbons (Fsp3) is 1.00. The van der Waals surface area contributed by atoms with Crippen LogP contribution in [0.1, 0.15) is 13.3 Å². The van der Waals surface area contributed by atoms with Gasteiger partial charge in [0.25, 0.3) is 0 Å². The summed E-state index contributed by atoms with van der Waals surface area (Å²) in [4.78, 5) is 0. The monoisotopic (exact) mass is 163 g/mol. The topological polar surface area (TPSA) is 60.2 Å². The van der Waals surface area contributed by atoms with E-state index in [2.05, 4.69) is 0 Å². The predicted octanol–water partition coefficient (Wildman–Crippen LogP) is -0.232. The van der Waals surface area contributed by atoms with E-state index in [0.717, 1.165) is 6.42 Å². The van der Waals surface area contributed by atoms with Crippen molar-refractivity contribution in [3.05, 3.63) is 0 Å². The van der Waals surface area contributed by atoms with Crippen LogP contribution in [0.2, 0.25) is 0 Å². The van der Waals surface area contributed by atoms with E-state index >= 15 is 0 Å². The van der Waals surface area contributed by atoms with Gasteiger partial charge in [-0.25, -0.2) is 8.42 Å². The molecule has 0 aromatic rings. The maximum Gasteiger partial charge on any atom is 0.151 e. The van der Waals surface area contributed by atoms with E-state index in [1.165, 1.54) is 0 Å². The SMILES string of the molecule is CC1CCS(=O)(=O)CC1N. The molecule has 2 atom stereocenters. The van der Waals surface area contributed by atoms with Crippen molar-refractivity contribution < 1.29 is 8.42 Å². The van der Waals surface area contributed by atoms with E-state index in [0.29, 0.717) is 11.7 Å². The molecule has 2 N–H and O–H groups in total. The van der Waals surface area contributed by atoms with Gasteiger partial charge in [0.1, 0.15) is 0 Å². The number of sulfone groups is 1. The maximum absolute atomic E-state index is 10.9. The largest absolute Gasteiger partial charge is 0.327 e. The van der Waals surface area contributed by atoms with E-state index in [1.54, 1.807) is 0 Å². The highest BCUT2D eigenvalue weighted by Gasteiger charge is 2.27. The predicted molar refractivity (Wildman–Crippen MR) is 40.4 cm³/mol. The minimum absolute atomic E-state index is 0.140. The summed E-state index contributed by atoms with van der Waals surface area (Å²) >= 11 is 0. The Balaban J connectivity index is 2.66. The molecular weight excluding hydrogens is 150 g/mol. The highest BCUT2D eigenvalue weighted by molar-refractivity contribution is 7.91. The second-order valence-corrected chi connectivity index (χ2v) is 5.27. The molecule has 10 heavy (non-hydrogen) atoms. The molecule has 4 heteroatoms. The first-order chi connectivity index (χ1) is 4.51. The zero-order chi connectivity index (χ0) is 7.78. The maximum atomic E-state index is 10.9. The van der Waals surface area contributed by atoms with Crippen LogP contribution >= 0.6 is 0 Å². The van der Waals surface area contributed by atoms with E-state index in [1.807, 2.05) is 6.92 Å². The molecule has 0 aromatic heterocycles. The second kappa shape index (κ2) is 2.51. The number of hydrogen-bond acceptors (Lipinski definition) is 3. The van der Waals surface area contributed by atoms with Gasteiger partial charge in [0.15, 0.2) is 9.84 Å². The minimum Gasteiger partial charge on any atom is -0.327 e.